The zero-order valence-electron chi connectivity index (χ0n) is 14.4. The van der Waals surface area contributed by atoms with Crippen molar-refractivity contribution in [1.82, 2.24) is 4.98 Å². The summed E-state index contributed by atoms with van der Waals surface area (Å²) in [6.07, 6.45) is 2.68. The van der Waals surface area contributed by atoms with Crippen LogP contribution in [-0.4, -0.2) is 23.0 Å². The minimum absolute atomic E-state index is 0.390. The Morgan fingerprint density at radius 2 is 1.83 bits per heavy atom. The topological polar surface area (TPSA) is 56.1 Å². The zero-order valence-corrected chi connectivity index (χ0v) is 14.4. The summed E-state index contributed by atoms with van der Waals surface area (Å²) in [6, 6.07) is 13.7. The minimum Gasteiger partial charge on any atom is -0.396 e. The van der Waals surface area contributed by atoms with Crippen LogP contribution in [0, 0.1) is 0 Å². The lowest BCUT2D eigenvalue weighted by Crippen LogP contribution is -2.00. The average molecular weight is 325 g/mol. The largest absolute Gasteiger partial charge is 0.396 e. The van der Waals surface area contributed by atoms with Crippen molar-refractivity contribution in [2.24, 2.45) is 10.3 Å². The smallest absolute Gasteiger partial charge is 0.142 e. The van der Waals surface area contributed by atoms with Crippen molar-refractivity contribution in [2.45, 2.75) is 33.8 Å². The second-order valence-corrected chi connectivity index (χ2v) is 5.38. The van der Waals surface area contributed by atoms with E-state index in [1.165, 1.54) is 0 Å². The van der Waals surface area contributed by atoms with Crippen molar-refractivity contribution >= 4 is 11.4 Å². The number of rotatable bonds is 8. The fourth-order valence-corrected chi connectivity index (χ4v) is 2.00. The first kappa shape index (κ1) is 17.7. The van der Waals surface area contributed by atoms with E-state index in [-0.39, 0.29) is 0 Å². The molecule has 126 valence electrons. The van der Waals surface area contributed by atoms with Crippen LogP contribution in [0.2, 0.25) is 0 Å². The van der Waals surface area contributed by atoms with Gasteiger partial charge in [0, 0.05) is 6.20 Å². The Kier molecular flexibility index (Phi) is 6.95. The van der Waals surface area contributed by atoms with Crippen molar-refractivity contribution in [3.05, 3.63) is 65.5 Å². The molecule has 1 aromatic carbocycles. The molecule has 0 radical (unpaired) electrons. The van der Waals surface area contributed by atoms with Gasteiger partial charge in [-0.25, -0.2) is 0 Å². The molecule has 24 heavy (non-hydrogen) atoms. The van der Waals surface area contributed by atoms with E-state index in [1.807, 2.05) is 56.3 Å². The summed E-state index contributed by atoms with van der Waals surface area (Å²) in [4.78, 5) is 14.9. The van der Waals surface area contributed by atoms with Gasteiger partial charge in [-0.15, -0.1) is 0 Å². The zero-order chi connectivity index (χ0) is 17.2. The van der Waals surface area contributed by atoms with Crippen LogP contribution in [0.5, 0.6) is 0 Å². The summed E-state index contributed by atoms with van der Waals surface area (Å²) in [5, 5.41) is 8.24. The van der Waals surface area contributed by atoms with Gasteiger partial charge in [-0.2, -0.15) is 0 Å². The van der Waals surface area contributed by atoms with Gasteiger partial charge in [0.1, 0.15) is 18.9 Å². The standard InChI is InChI=1S/C19H23N3O2/c1-4-12-23-21-15(2)18-9-7-8-17(13-18)14-24-22-16(3)19-10-5-6-11-20-19/h5-11,13H,4,12,14H2,1-3H3/b21-15+,22-16+. The third kappa shape index (κ3) is 5.50. The van der Waals surface area contributed by atoms with Crippen LogP contribution in [0.15, 0.2) is 59.0 Å². The van der Waals surface area contributed by atoms with Gasteiger partial charge in [0.2, 0.25) is 0 Å². The molecule has 5 heteroatoms. The van der Waals surface area contributed by atoms with E-state index >= 15 is 0 Å². The number of nitrogens with zero attached hydrogens (tertiary/aromatic N) is 3. The molecule has 0 saturated carbocycles. The average Bonchev–Trinajstić information content (AvgIpc) is 2.63. The molecule has 0 amide bonds. The Bertz CT molecular complexity index is 697. The Labute approximate surface area is 143 Å². The molecule has 0 atom stereocenters. The molecule has 2 rings (SSSR count). The van der Waals surface area contributed by atoms with E-state index in [0.29, 0.717) is 13.2 Å². The van der Waals surface area contributed by atoms with E-state index in [4.69, 9.17) is 9.68 Å². The van der Waals surface area contributed by atoms with Gasteiger partial charge in [0.25, 0.3) is 0 Å². The SMILES string of the molecule is CCCO/N=C(\C)c1cccc(CO/N=C(\C)c2ccccn2)c1. The van der Waals surface area contributed by atoms with Crippen molar-refractivity contribution in [3.8, 4) is 0 Å². The van der Waals surface area contributed by atoms with Crippen LogP contribution in [-0.2, 0) is 16.3 Å². The van der Waals surface area contributed by atoms with Crippen molar-refractivity contribution in [3.63, 3.8) is 0 Å². The maximum atomic E-state index is 5.45. The van der Waals surface area contributed by atoms with E-state index in [9.17, 15) is 0 Å². The predicted octanol–water partition coefficient (Wildman–Crippen LogP) is 4.17. The van der Waals surface area contributed by atoms with Crippen LogP contribution in [0.1, 0.15) is 44.0 Å². The Balaban J connectivity index is 1.96. The summed E-state index contributed by atoms with van der Waals surface area (Å²) in [6.45, 7) is 6.87. The highest BCUT2D eigenvalue weighted by atomic mass is 16.6. The van der Waals surface area contributed by atoms with Crippen molar-refractivity contribution in [2.75, 3.05) is 6.61 Å². The highest BCUT2D eigenvalue weighted by molar-refractivity contribution is 5.98. The Morgan fingerprint density at radius 1 is 1.00 bits per heavy atom. The van der Waals surface area contributed by atoms with Gasteiger partial charge in [0.05, 0.1) is 11.4 Å². The monoisotopic (exact) mass is 325 g/mol. The van der Waals surface area contributed by atoms with E-state index in [2.05, 4.69) is 22.2 Å². The molecule has 0 bridgehead atoms. The number of hydrogen-bond acceptors (Lipinski definition) is 5. The first-order valence-electron chi connectivity index (χ1n) is 8.04. The number of aromatic nitrogens is 1. The van der Waals surface area contributed by atoms with Gasteiger partial charge in [-0.3, -0.25) is 4.98 Å². The molecule has 0 aliphatic rings. The summed E-state index contributed by atoms with van der Waals surface area (Å²) in [5.41, 5.74) is 4.44. The summed E-state index contributed by atoms with van der Waals surface area (Å²) in [5.74, 6) is 0. The van der Waals surface area contributed by atoms with Crippen LogP contribution in [0.3, 0.4) is 0 Å². The molecule has 2 aromatic rings. The number of oxime groups is 2. The molecule has 1 aromatic heterocycles. The maximum absolute atomic E-state index is 5.45. The van der Waals surface area contributed by atoms with Crippen LogP contribution >= 0.6 is 0 Å². The lowest BCUT2D eigenvalue weighted by Gasteiger charge is -2.05. The fraction of sp³-hybridized carbons (Fsp3) is 0.316. The first-order valence-corrected chi connectivity index (χ1v) is 8.04. The van der Waals surface area contributed by atoms with Crippen LogP contribution in [0.25, 0.3) is 0 Å². The third-order valence-corrected chi connectivity index (χ3v) is 3.31. The van der Waals surface area contributed by atoms with Crippen molar-refractivity contribution < 1.29 is 9.68 Å². The molecule has 0 aliphatic heterocycles. The van der Waals surface area contributed by atoms with Gasteiger partial charge in [0.15, 0.2) is 0 Å². The Hall–Kier alpha value is -2.69. The van der Waals surface area contributed by atoms with E-state index < -0.39 is 0 Å². The lowest BCUT2D eigenvalue weighted by atomic mass is 10.1. The van der Waals surface area contributed by atoms with E-state index in [1.54, 1.807) is 6.20 Å². The molecule has 0 saturated heterocycles. The molecular formula is C19H23N3O2. The number of pyridine rings is 1. The third-order valence-electron chi connectivity index (χ3n) is 3.31. The van der Waals surface area contributed by atoms with Gasteiger partial charge in [-0.05, 0) is 49.6 Å². The van der Waals surface area contributed by atoms with Gasteiger partial charge < -0.3 is 9.68 Å². The van der Waals surface area contributed by atoms with Crippen molar-refractivity contribution in [1.29, 1.82) is 0 Å². The fourth-order valence-electron chi connectivity index (χ4n) is 2.00. The summed E-state index contributed by atoms with van der Waals surface area (Å²) in [7, 11) is 0. The first-order chi connectivity index (χ1) is 11.7. The molecule has 1 heterocycles. The predicted molar refractivity (Wildman–Crippen MR) is 96.1 cm³/mol. The summed E-state index contributed by atoms with van der Waals surface area (Å²) >= 11 is 0. The number of benzene rings is 1. The van der Waals surface area contributed by atoms with Crippen LogP contribution in [0.4, 0.5) is 0 Å². The number of hydrogen-bond donors (Lipinski definition) is 0. The molecule has 0 aliphatic carbocycles. The lowest BCUT2D eigenvalue weighted by molar-refractivity contribution is 0.130. The molecular weight excluding hydrogens is 302 g/mol. The van der Waals surface area contributed by atoms with E-state index in [0.717, 1.165) is 34.7 Å². The second-order valence-electron chi connectivity index (χ2n) is 5.38. The minimum atomic E-state index is 0.390. The molecule has 0 fully saturated rings. The molecule has 0 N–H and O–H groups in total. The van der Waals surface area contributed by atoms with Gasteiger partial charge >= 0.3 is 0 Å². The molecule has 0 spiro atoms. The second kappa shape index (κ2) is 9.45. The summed E-state index contributed by atoms with van der Waals surface area (Å²) < 4.78 is 0. The molecule has 0 unspecified atom stereocenters. The molecule has 5 nitrogen and oxygen atoms in total. The van der Waals surface area contributed by atoms with Gasteiger partial charge in [-0.1, -0.05) is 41.5 Å². The van der Waals surface area contributed by atoms with Crippen LogP contribution < -0.4 is 0 Å². The normalized spacial score (nSPS) is 12.1. The quantitative estimate of drug-likeness (QED) is 0.416. The highest BCUT2D eigenvalue weighted by Crippen LogP contribution is 2.09. The maximum Gasteiger partial charge on any atom is 0.142 e. The Morgan fingerprint density at radius 3 is 2.58 bits per heavy atom. The highest BCUT2D eigenvalue weighted by Gasteiger charge is 2.02.